The second-order valence-corrected chi connectivity index (χ2v) is 10.4. The highest BCUT2D eigenvalue weighted by atomic mass is 35.5. The van der Waals surface area contributed by atoms with Gasteiger partial charge in [0.25, 0.3) is 0 Å². The smallest absolute Gasteiger partial charge is 0.294 e. The molecule has 5 aromatic rings. The van der Waals surface area contributed by atoms with E-state index in [9.17, 15) is 13.2 Å². The zero-order valence-electron chi connectivity index (χ0n) is 18.8. The van der Waals surface area contributed by atoms with Gasteiger partial charge in [-0.3, -0.25) is 4.57 Å². The summed E-state index contributed by atoms with van der Waals surface area (Å²) in [6.45, 7) is 0.217. The van der Waals surface area contributed by atoms with E-state index in [0.717, 1.165) is 17.0 Å². The molecule has 0 aliphatic heterocycles. The summed E-state index contributed by atoms with van der Waals surface area (Å²) >= 11 is 13.6. The molecule has 2 aromatic carbocycles. The van der Waals surface area contributed by atoms with Crippen LogP contribution in [-0.4, -0.2) is 40.7 Å². The minimum absolute atomic E-state index is 0.00103. The molecule has 1 saturated carbocycles. The largest absolute Gasteiger partial charge is 0.400 e. The molecule has 0 unspecified atom stereocenters. The molecule has 3 heterocycles. The number of imidazole rings is 1. The second kappa shape index (κ2) is 8.93. The zero-order chi connectivity index (χ0) is 25.8. The Morgan fingerprint density at radius 1 is 1.00 bits per heavy atom. The van der Waals surface area contributed by atoms with E-state index >= 15 is 0 Å². The Kier molecular flexibility index (Phi) is 5.81. The second-order valence-electron chi connectivity index (χ2n) is 8.61. The summed E-state index contributed by atoms with van der Waals surface area (Å²) in [7, 11) is 0. The van der Waals surface area contributed by atoms with E-state index < -0.39 is 11.6 Å². The van der Waals surface area contributed by atoms with Crippen LogP contribution in [0.4, 0.5) is 13.2 Å². The van der Waals surface area contributed by atoms with Crippen molar-refractivity contribution >= 4 is 34.5 Å². The lowest BCUT2D eigenvalue weighted by molar-refractivity contribution is -0.160. The molecule has 1 fully saturated rings. The normalized spacial score (nSPS) is 14.7. The topological polar surface area (TPSA) is 74.3 Å². The quantitative estimate of drug-likeness (QED) is 0.233. The molecule has 0 atom stereocenters. The summed E-state index contributed by atoms with van der Waals surface area (Å²) < 4.78 is 44.8. The van der Waals surface area contributed by atoms with Crippen LogP contribution in [0.5, 0.6) is 0 Å². The van der Waals surface area contributed by atoms with Gasteiger partial charge < -0.3 is 0 Å². The molecule has 0 saturated heterocycles. The van der Waals surface area contributed by atoms with Crippen LogP contribution in [0.15, 0.2) is 61.2 Å². The molecule has 37 heavy (non-hydrogen) atoms. The molecule has 0 amide bonds. The molecule has 0 N–H and O–H groups in total. The van der Waals surface area contributed by atoms with E-state index in [1.165, 1.54) is 6.33 Å². The lowest BCUT2D eigenvalue weighted by atomic mass is 10.1. The molecule has 0 spiro atoms. The van der Waals surface area contributed by atoms with Crippen molar-refractivity contribution < 1.29 is 13.2 Å². The lowest BCUT2D eigenvalue weighted by Crippen LogP contribution is -2.28. The Hall–Kier alpha value is -3.28. The SMILES string of the molecule is FC(F)(F)C1(c2nnc(-c3nc(-c4ccccc4Cl)n(-c4ccc(Cl)cc4)c3Cn3cncn3)s2)CC1. The number of hydrogen-bond acceptors (Lipinski definition) is 6. The van der Waals surface area contributed by atoms with Crippen LogP contribution in [-0.2, 0) is 12.0 Å². The molecule has 0 radical (unpaired) electrons. The Morgan fingerprint density at radius 2 is 1.76 bits per heavy atom. The van der Waals surface area contributed by atoms with E-state index in [-0.39, 0.29) is 29.4 Å². The van der Waals surface area contributed by atoms with Crippen LogP contribution >= 0.6 is 34.5 Å². The molecule has 3 aromatic heterocycles. The van der Waals surface area contributed by atoms with Gasteiger partial charge in [-0.05, 0) is 49.2 Å². The van der Waals surface area contributed by atoms with Crippen molar-refractivity contribution in [1.29, 1.82) is 0 Å². The molecule has 13 heteroatoms. The minimum Gasteiger partial charge on any atom is -0.294 e. The van der Waals surface area contributed by atoms with Crippen molar-refractivity contribution in [2.24, 2.45) is 0 Å². The standard InChI is InChI=1S/C24H16Cl2F3N7S/c25-14-5-7-15(8-6-14)36-18(11-35-13-30-12-31-35)19(32-20(36)16-3-1-2-4-17(16)26)21-33-34-22(37-21)23(9-10-23)24(27,28)29/h1-8,12-13H,9-11H2. The van der Waals surface area contributed by atoms with Gasteiger partial charge in [0.1, 0.15) is 34.6 Å². The fourth-order valence-electron chi connectivity index (χ4n) is 4.19. The first kappa shape index (κ1) is 24.1. The molecular weight excluding hydrogens is 546 g/mol. The predicted octanol–water partition coefficient (Wildman–Crippen LogP) is 6.60. The summed E-state index contributed by atoms with van der Waals surface area (Å²) in [6, 6.07) is 14.4. The van der Waals surface area contributed by atoms with Gasteiger partial charge in [-0.15, -0.1) is 10.2 Å². The molecule has 188 valence electrons. The first-order valence-corrected chi connectivity index (χ1v) is 12.7. The fraction of sp³-hybridized carbons (Fsp3) is 0.208. The Bertz CT molecular complexity index is 1570. The lowest BCUT2D eigenvalue weighted by Gasteiger charge is -2.15. The average Bonchev–Trinajstić information content (AvgIpc) is 3.20. The number of alkyl halides is 3. The first-order valence-electron chi connectivity index (χ1n) is 11.1. The molecule has 1 aliphatic carbocycles. The maximum absolute atomic E-state index is 13.8. The van der Waals surface area contributed by atoms with Gasteiger partial charge in [-0.1, -0.05) is 46.7 Å². The summed E-state index contributed by atoms with van der Waals surface area (Å²) in [6.07, 6.45) is -1.44. The molecule has 7 nitrogen and oxygen atoms in total. The zero-order valence-corrected chi connectivity index (χ0v) is 21.2. The average molecular weight is 562 g/mol. The van der Waals surface area contributed by atoms with Crippen LogP contribution in [0.1, 0.15) is 23.5 Å². The summed E-state index contributed by atoms with van der Waals surface area (Å²) in [4.78, 5) is 8.90. The van der Waals surface area contributed by atoms with E-state index in [0.29, 0.717) is 32.8 Å². The van der Waals surface area contributed by atoms with Gasteiger partial charge in [0, 0.05) is 16.3 Å². The monoisotopic (exact) mass is 561 g/mol. The van der Waals surface area contributed by atoms with Crippen molar-refractivity contribution in [1.82, 2.24) is 34.5 Å². The van der Waals surface area contributed by atoms with Crippen molar-refractivity contribution in [3.63, 3.8) is 0 Å². The first-order chi connectivity index (χ1) is 17.8. The van der Waals surface area contributed by atoms with Crippen molar-refractivity contribution in [2.45, 2.75) is 31.0 Å². The third-order valence-corrected chi connectivity index (χ3v) is 8.00. The maximum atomic E-state index is 13.8. The molecule has 0 bridgehead atoms. The van der Waals surface area contributed by atoms with Gasteiger partial charge in [0.2, 0.25) is 0 Å². The number of benzene rings is 2. The predicted molar refractivity (Wildman–Crippen MR) is 134 cm³/mol. The van der Waals surface area contributed by atoms with E-state index in [4.69, 9.17) is 28.2 Å². The highest BCUT2D eigenvalue weighted by Gasteiger charge is 2.66. The van der Waals surface area contributed by atoms with Gasteiger partial charge >= 0.3 is 6.18 Å². The molecule has 6 rings (SSSR count). The van der Waals surface area contributed by atoms with E-state index in [1.807, 2.05) is 34.9 Å². The highest BCUT2D eigenvalue weighted by molar-refractivity contribution is 7.14. The highest BCUT2D eigenvalue weighted by Crippen LogP contribution is 2.59. The summed E-state index contributed by atoms with van der Waals surface area (Å²) in [5.74, 6) is 0.492. The Balaban J connectivity index is 1.59. The van der Waals surface area contributed by atoms with Gasteiger partial charge in [0.15, 0.2) is 5.01 Å². The number of aromatic nitrogens is 7. The van der Waals surface area contributed by atoms with Gasteiger partial charge in [-0.2, -0.15) is 18.3 Å². The fourth-order valence-corrected chi connectivity index (χ4v) is 5.65. The molecule has 1 aliphatic rings. The third-order valence-electron chi connectivity index (χ3n) is 6.28. The van der Waals surface area contributed by atoms with Crippen molar-refractivity contribution in [3.05, 3.63) is 81.9 Å². The van der Waals surface area contributed by atoms with E-state index in [2.05, 4.69) is 20.3 Å². The van der Waals surface area contributed by atoms with Crippen LogP contribution < -0.4 is 0 Å². The number of nitrogens with zero attached hydrogens (tertiary/aromatic N) is 7. The summed E-state index contributed by atoms with van der Waals surface area (Å²) in [5.41, 5.74) is 0.458. The number of halogens is 5. The van der Waals surface area contributed by atoms with Gasteiger partial charge in [0.05, 0.1) is 17.3 Å². The maximum Gasteiger partial charge on any atom is 0.400 e. The number of hydrogen-bond donors (Lipinski definition) is 0. The summed E-state index contributed by atoms with van der Waals surface area (Å²) in [5, 5.41) is 13.6. The van der Waals surface area contributed by atoms with Crippen LogP contribution in [0.3, 0.4) is 0 Å². The van der Waals surface area contributed by atoms with Crippen molar-refractivity contribution in [3.8, 4) is 27.8 Å². The Morgan fingerprint density at radius 3 is 2.41 bits per heavy atom. The van der Waals surface area contributed by atoms with Gasteiger partial charge in [-0.25, -0.2) is 14.6 Å². The van der Waals surface area contributed by atoms with Crippen molar-refractivity contribution in [2.75, 3.05) is 0 Å². The Labute approximate surface area is 222 Å². The van der Waals surface area contributed by atoms with E-state index in [1.54, 1.807) is 29.2 Å². The molecular formula is C24H16Cl2F3N7S. The van der Waals surface area contributed by atoms with Crippen LogP contribution in [0, 0.1) is 0 Å². The van der Waals surface area contributed by atoms with Crippen LogP contribution in [0.25, 0.3) is 27.8 Å². The van der Waals surface area contributed by atoms with Crippen LogP contribution in [0.2, 0.25) is 10.0 Å². The minimum atomic E-state index is -4.39. The number of rotatable bonds is 6. The third kappa shape index (κ3) is 4.20.